The van der Waals surface area contributed by atoms with Crippen molar-refractivity contribution in [1.82, 2.24) is 0 Å². The molecule has 29 heavy (non-hydrogen) atoms. The van der Waals surface area contributed by atoms with Crippen molar-refractivity contribution in [2.75, 3.05) is 13.2 Å². The summed E-state index contributed by atoms with van der Waals surface area (Å²) < 4.78 is 11.9. The van der Waals surface area contributed by atoms with E-state index in [1.54, 1.807) is 0 Å². The van der Waals surface area contributed by atoms with Gasteiger partial charge in [0.2, 0.25) is 0 Å². The Kier molecular flexibility index (Phi) is 7.28. The van der Waals surface area contributed by atoms with Crippen LogP contribution < -0.4 is 9.62 Å². The molecule has 3 aromatic rings. The minimum atomic E-state index is -0.123. The third-order valence-corrected chi connectivity index (χ3v) is 4.52. The van der Waals surface area contributed by atoms with Gasteiger partial charge in [-0.25, -0.2) is 0 Å². The van der Waals surface area contributed by atoms with Crippen molar-refractivity contribution in [2.24, 2.45) is 0 Å². The Hall–Kier alpha value is -2.82. The zero-order chi connectivity index (χ0) is 20.5. The van der Waals surface area contributed by atoms with Crippen molar-refractivity contribution in [3.05, 3.63) is 90.0 Å². The maximum absolute atomic E-state index is 6.03. The maximum Gasteiger partial charge on any atom is 0.165 e. The van der Waals surface area contributed by atoms with Gasteiger partial charge in [0.15, 0.2) is 5.75 Å². The third-order valence-electron chi connectivity index (χ3n) is 4.52. The van der Waals surface area contributed by atoms with Crippen molar-refractivity contribution in [1.29, 1.82) is 0 Å². The number of hydrogen-bond acceptors (Lipinski definition) is 4. The lowest BCUT2D eigenvalue weighted by atomic mass is 9.85. The molecular formula is C25H28O4. The first-order valence-corrected chi connectivity index (χ1v) is 9.86. The summed E-state index contributed by atoms with van der Waals surface area (Å²) in [6, 6.07) is 25.7. The molecule has 0 heterocycles. The van der Waals surface area contributed by atoms with Crippen LogP contribution in [0.3, 0.4) is 0 Å². The van der Waals surface area contributed by atoms with Crippen LogP contribution in [0.4, 0.5) is 0 Å². The summed E-state index contributed by atoms with van der Waals surface area (Å²) >= 11 is 0. The Balaban J connectivity index is 1.54. The molecule has 0 aliphatic heterocycles. The number of benzene rings is 3. The first-order valence-electron chi connectivity index (χ1n) is 9.86. The lowest BCUT2D eigenvalue weighted by molar-refractivity contribution is -0.202. The zero-order valence-corrected chi connectivity index (χ0v) is 17.3. The van der Waals surface area contributed by atoms with Gasteiger partial charge in [0.05, 0.1) is 19.8 Å². The van der Waals surface area contributed by atoms with E-state index in [0.29, 0.717) is 25.6 Å². The zero-order valence-electron chi connectivity index (χ0n) is 17.3. The first-order chi connectivity index (χ1) is 14.1. The molecule has 4 heteroatoms. The lowest BCUT2D eigenvalue weighted by Crippen LogP contribution is -2.24. The second-order valence-electron chi connectivity index (χ2n) is 7.45. The van der Waals surface area contributed by atoms with Gasteiger partial charge in [-0.3, -0.25) is 0 Å². The highest BCUT2D eigenvalue weighted by Crippen LogP contribution is 2.27. The van der Waals surface area contributed by atoms with E-state index in [0.717, 1.165) is 17.1 Å². The molecule has 0 bridgehead atoms. The normalized spacial score (nSPS) is 11.3. The van der Waals surface area contributed by atoms with Crippen molar-refractivity contribution in [3.8, 4) is 17.2 Å². The minimum absolute atomic E-state index is 0.123. The summed E-state index contributed by atoms with van der Waals surface area (Å²) in [5.41, 5.74) is 2.14. The monoisotopic (exact) mass is 392 g/mol. The fourth-order valence-electron chi connectivity index (χ4n) is 2.92. The summed E-state index contributed by atoms with van der Waals surface area (Å²) in [5.74, 6) is 2.33. The highest BCUT2D eigenvalue weighted by Gasteiger charge is 2.21. The van der Waals surface area contributed by atoms with E-state index in [2.05, 4.69) is 13.8 Å². The average Bonchev–Trinajstić information content (AvgIpc) is 2.73. The van der Waals surface area contributed by atoms with Crippen molar-refractivity contribution < 1.29 is 19.2 Å². The van der Waals surface area contributed by atoms with E-state index in [9.17, 15) is 0 Å². The predicted octanol–water partition coefficient (Wildman–Crippen LogP) is 6.30. The van der Waals surface area contributed by atoms with Crippen LogP contribution in [-0.4, -0.2) is 13.2 Å². The molecule has 0 spiro atoms. The van der Waals surface area contributed by atoms with Crippen LogP contribution in [0.1, 0.15) is 31.9 Å². The van der Waals surface area contributed by atoms with Crippen LogP contribution in [0, 0.1) is 0 Å². The summed E-state index contributed by atoms with van der Waals surface area (Å²) in [4.78, 5) is 10.1. The first kappa shape index (κ1) is 20.9. The summed E-state index contributed by atoms with van der Waals surface area (Å²) in [6.45, 7) is 7.86. The molecule has 0 aliphatic carbocycles. The molecule has 0 radical (unpaired) electrons. The van der Waals surface area contributed by atoms with Crippen LogP contribution >= 0.6 is 0 Å². The predicted molar refractivity (Wildman–Crippen MR) is 114 cm³/mol. The smallest absolute Gasteiger partial charge is 0.165 e. The molecule has 0 unspecified atom stereocenters. The average molecular weight is 392 g/mol. The van der Waals surface area contributed by atoms with Crippen LogP contribution in [0.5, 0.6) is 17.2 Å². The number of ether oxygens (including phenoxy) is 2. The van der Waals surface area contributed by atoms with Crippen LogP contribution in [0.2, 0.25) is 0 Å². The van der Waals surface area contributed by atoms with Gasteiger partial charge in [-0.05, 0) is 54.4 Å². The molecule has 4 nitrogen and oxygen atoms in total. The second kappa shape index (κ2) is 10.1. The highest BCUT2D eigenvalue weighted by molar-refractivity contribution is 5.34. The molecule has 0 aliphatic rings. The van der Waals surface area contributed by atoms with Gasteiger partial charge in [0.1, 0.15) is 11.5 Å². The molecule has 0 fully saturated rings. The van der Waals surface area contributed by atoms with Gasteiger partial charge >= 0.3 is 0 Å². The van der Waals surface area contributed by atoms with E-state index in [1.165, 1.54) is 5.56 Å². The van der Waals surface area contributed by atoms with Gasteiger partial charge in [0.25, 0.3) is 0 Å². The Labute approximate surface area is 172 Å². The molecule has 0 amide bonds. The van der Waals surface area contributed by atoms with Gasteiger partial charge in [-0.1, -0.05) is 56.3 Å². The van der Waals surface area contributed by atoms with E-state index in [4.69, 9.17) is 19.2 Å². The molecule has 0 saturated carbocycles. The standard InChI is InChI=1S/C25H28O4/c1-4-27-29-23-15-13-21(14-16-23)25(2,3)19-26-18-20-9-8-12-24(17-20)28-22-10-6-5-7-11-22/h5-17H,4,18-19H2,1-3H3. The van der Waals surface area contributed by atoms with Crippen LogP contribution in [0.25, 0.3) is 0 Å². The van der Waals surface area contributed by atoms with Crippen molar-refractivity contribution in [3.63, 3.8) is 0 Å². The second-order valence-corrected chi connectivity index (χ2v) is 7.45. The Morgan fingerprint density at radius 1 is 0.759 bits per heavy atom. The molecule has 3 rings (SSSR count). The third kappa shape index (κ3) is 6.34. The Morgan fingerprint density at radius 2 is 1.48 bits per heavy atom. The molecule has 152 valence electrons. The summed E-state index contributed by atoms with van der Waals surface area (Å²) in [6.07, 6.45) is 0. The van der Waals surface area contributed by atoms with Gasteiger partial charge < -0.3 is 14.4 Å². The fourth-order valence-corrected chi connectivity index (χ4v) is 2.92. The van der Waals surface area contributed by atoms with Crippen LogP contribution in [-0.2, 0) is 21.6 Å². The highest BCUT2D eigenvalue weighted by atomic mass is 17.2. The quantitative estimate of drug-likeness (QED) is 0.299. The van der Waals surface area contributed by atoms with E-state index in [-0.39, 0.29) is 5.41 Å². The van der Waals surface area contributed by atoms with Gasteiger partial charge in [0, 0.05) is 5.41 Å². The SMILES string of the molecule is CCOOc1ccc(C(C)(C)COCc2cccc(Oc3ccccc3)c2)cc1. The number of rotatable bonds is 10. The fraction of sp³-hybridized carbons (Fsp3) is 0.280. The van der Waals surface area contributed by atoms with Gasteiger partial charge in [-0.15, -0.1) is 0 Å². The largest absolute Gasteiger partial charge is 0.457 e. The molecule has 3 aromatic carbocycles. The number of para-hydroxylation sites is 1. The van der Waals surface area contributed by atoms with Crippen molar-refractivity contribution >= 4 is 0 Å². The molecule has 0 aromatic heterocycles. The molecule has 0 saturated heterocycles. The van der Waals surface area contributed by atoms with E-state index >= 15 is 0 Å². The maximum atomic E-state index is 6.03. The Morgan fingerprint density at radius 3 is 2.21 bits per heavy atom. The van der Waals surface area contributed by atoms with Crippen LogP contribution in [0.15, 0.2) is 78.9 Å². The summed E-state index contributed by atoms with van der Waals surface area (Å²) in [5, 5.41) is 0. The van der Waals surface area contributed by atoms with Gasteiger partial charge in [-0.2, -0.15) is 4.89 Å². The molecule has 0 N–H and O–H groups in total. The lowest BCUT2D eigenvalue weighted by Gasteiger charge is -2.25. The molecule has 0 atom stereocenters. The minimum Gasteiger partial charge on any atom is -0.457 e. The summed E-state index contributed by atoms with van der Waals surface area (Å²) in [7, 11) is 0. The van der Waals surface area contributed by atoms with E-state index < -0.39 is 0 Å². The Bertz CT molecular complexity index is 873. The molecular weight excluding hydrogens is 364 g/mol. The topological polar surface area (TPSA) is 36.9 Å². The number of hydrogen-bond donors (Lipinski definition) is 0. The van der Waals surface area contributed by atoms with E-state index in [1.807, 2.05) is 85.8 Å². The van der Waals surface area contributed by atoms with Crippen molar-refractivity contribution in [2.45, 2.75) is 32.8 Å².